The van der Waals surface area contributed by atoms with Crippen LogP contribution in [0.15, 0.2) is 18.5 Å². The number of hydrogen-bond acceptors (Lipinski definition) is 6. The van der Waals surface area contributed by atoms with E-state index in [1.165, 1.54) is 11.1 Å². The third-order valence-corrected chi connectivity index (χ3v) is 4.02. The summed E-state index contributed by atoms with van der Waals surface area (Å²) in [5.74, 6) is -0.166. The molecule has 0 saturated carbocycles. The van der Waals surface area contributed by atoms with Crippen LogP contribution in [0.25, 0.3) is 0 Å². The topological polar surface area (TPSA) is 92.8 Å². The van der Waals surface area contributed by atoms with Gasteiger partial charge in [-0.1, -0.05) is 13.0 Å². The molecule has 0 aromatic carbocycles. The van der Waals surface area contributed by atoms with Crippen LogP contribution in [0.1, 0.15) is 51.7 Å². The molecule has 2 amide bonds. The Bertz CT molecular complexity index is 646. The molecular formula is C22H38N4O4. The van der Waals surface area contributed by atoms with Crippen molar-refractivity contribution in [3.05, 3.63) is 29.6 Å². The van der Waals surface area contributed by atoms with Crippen molar-refractivity contribution in [1.29, 1.82) is 0 Å². The Morgan fingerprint density at radius 3 is 2.57 bits per heavy atom. The van der Waals surface area contributed by atoms with E-state index in [4.69, 9.17) is 9.47 Å². The van der Waals surface area contributed by atoms with Gasteiger partial charge in [-0.25, -0.2) is 4.79 Å². The summed E-state index contributed by atoms with van der Waals surface area (Å²) in [7, 11) is 2.11. The van der Waals surface area contributed by atoms with Crippen molar-refractivity contribution in [3.63, 3.8) is 0 Å². The first-order valence-corrected chi connectivity index (χ1v) is 10.6. The van der Waals surface area contributed by atoms with Crippen LogP contribution < -0.4 is 10.6 Å². The van der Waals surface area contributed by atoms with Gasteiger partial charge in [-0.15, -0.1) is 0 Å². The van der Waals surface area contributed by atoms with Gasteiger partial charge in [0.15, 0.2) is 0 Å². The monoisotopic (exact) mass is 422 g/mol. The standard InChI is InChI=1S/C22H38N4O4/c1-6-11-26(5)16-19-13-18(14-23-15-19)8-7-9-24-20(27)17-29-12-10-25-21(28)30-22(2,3)4/h13-15H,6-12,16-17H2,1-5H3,(H,24,27)(H,25,28). The van der Waals surface area contributed by atoms with Crippen LogP contribution in [0, 0.1) is 0 Å². The minimum atomic E-state index is -0.534. The van der Waals surface area contributed by atoms with Crippen molar-refractivity contribution in [2.75, 3.05) is 39.9 Å². The van der Waals surface area contributed by atoms with Crippen LogP contribution in [-0.4, -0.2) is 67.4 Å². The Morgan fingerprint density at radius 2 is 1.87 bits per heavy atom. The highest BCUT2D eigenvalue weighted by Crippen LogP contribution is 2.08. The fourth-order valence-corrected chi connectivity index (χ4v) is 2.81. The normalized spacial score (nSPS) is 11.4. The van der Waals surface area contributed by atoms with Crippen LogP contribution in [0.5, 0.6) is 0 Å². The Labute approximate surface area is 180 Å². The number of nitrogens with zero attached hydrogens (tertiary/aromatic N) is 2. The largest absolute Gasteiger partial charge is 0.444 e. The molecule has 0 aliphatic rings. The van der Waals surface area contributed by atoms with Crippen molar-refractivity contribution in [1.82, 2.24) is 20.5 Å². The highest BCUT2D eigenvalue weighted by molar-refractivity contribution is 5.77. The van der Waals surface area contributed by atoms with E-state index >= 15 is 0 Å². The highest BCUT2D eigenvalue weighted by atomic mass is 16.6. The van der Waals surface area contributed by atoms with Gasteiger partial charge >= 0.3 is 6.09 Å². The number of carbonyl (C=O) groups is 2. The van der Waals surface area contributed by atoms with E-state index in [1.54, 1.807) is 20.8 Å². The van der Waals surface area contributed by atoms with Gasteiger partial charge in [0.25, 0.3) is 0 Å². The summed E-state index contributed by atoms with van der Waals surface area (Å²) in [4.78, 5) is 29.9. The molecule has 1 heterocycles. The molecule has 8 nitrogen and oxygen atoms in total. The van der Waals surface area contributed by atoms with Gasteiger partial charge in [-0.05, 0) is 64.8 Å². The number of rotatable bonds is 13. The predicted molar refractivity (Wildman–Crippen MR) is 117 cm³/mol. The molecule has 1 aromatic rings. The smallest absolute Gasteiger partial charge is 0.407 e. The molecule has 2 N–H and O–H groups in total. The van der Waals surface area contributed by atoms with Gasteiger partial charge in [0.1, 0.15) is 12.2 Å². The summed E-state index contributed by atoms with van der Waals surface area (Å²) < 4.78 is 10.4. The molecule has 0 atom stereocenters. The second kappa shape index (κ2) is 13.9. The maximum atomic E-state index is 11.8. The highest BCUT2D eigenvalue weighted by Gasteiger charge is 2.15. The third-order valence-electron chi connectivity index (χ3n) is 4.02. The van der Waals surface area contributed by atoms with E-state index in [1.807, 2.05) is 12.4 Å². The van der Waals surface area contributed by atoms with Crippen molar-refractivity contribution < 1.29 is 19.1 Å². The summed E-state index contributed by atoms with van der Waals surface area (Å²) in [6.07, 6.45) is 6.12. The van der Waals surface area contributed by atoms with Gasteiger partial charge in [-0.2, -0.15) is 0 Å². The molecular weight excluding hydrogens is 384 g/mol. The van der Waals surface area contributed by atoms with Crippen molar-refractivity contribution >= 4 is 12.0 Å². The van der Waals surface area contributed by atoms with Gasteiger partial charge in [0, 0.05) is 32.0 Å². The number of amides is 2. The molecule has 0 unspecified atom stereocenters. The SMILES string of the molecule is CCCN(C)Cc1cncc(CCCNC(=O)COCCNC(=O)OC(C)(C)C)c1. The summed E-state index contributed by atoms with van der Waals surface area (Å²) in [5.41, 5.74) is 1.85. The molecule has 1 aromatic heterocycles. The Kier molecular flexibility index (Phi) is 12.0. The quantitative estimate of drug-likeness (QED) is 0.475. The molecule has 170 valence electrons. The minimum Gasteiger partial charge on any atom is -0.444 e. The minimum absolute atomic E-state index is 0.0309. The number of aryl methyl sites for hydroxylation is 1. The second-order valence-electron chi connectivity index (χ2n) is 8.37. The van der Waals surface area contributed by atoms with Gasteiger partial charge in [-0.3, -0.25) is 9.78 Å². The van der Waals surface area contributed by atoms with Crippen LogP contribution >= 0.6 is 0 Å². The fourth-order valence-electron chi connectivity index (χ4n) is 2.81. The Hall–Kier alpha value is -2.19. The van der Waals surface area contributed by atoms with E-state index in [9.17, 15) is 9.59 Å². The van der Waals surface area contributed by atoms with E-state index in [-0.39, 0.29) is 19.1 Å². The fraction of sp³-hybridized carbons (Fsp3) is 0.682. The molecule has 0 radical (unpaired) electrons. The number of ether oxygens (including phenoxy) is 2. The second-order valence-corrected chi connectivity index (χ2v) is 8.37. The lowest BCUT2D eigenvalue weighted by atomic mass is 10.1. The molecule has 0 saturated heterocycles. The maximum Gasteiger partial charge on any atom is 0.407 e. The molecule has 0 aliphatic carbocycles. The van der Waals surface area contributed by atoms with Crippen molar-refractivity contribution in [2.24, 2.45) is 0 Å². The number of pyridine rings is 1. The van der Waals surface area contributed by atoms with Gasteiger partial charge < -0.3 is 25.0 Å². The maximum absolute atomic E-state index is 11.8. The molecule has 30 heavy (non-hydrogen) atoms. The Morgan fingerprint density at radius 1 is 1.13 bits per heavy atom. The van der Waals surface area contributed by atoms with Gasteiger partial charge in [0.2, 0.25) is 5.91 Å². The van der Waals surface area contributed by atoms with Crippen LogP contribution in [-0.2, 0) is 27.2 Å². The molecule has 0 aliphatic heterocycles. The first kappa shape index (κ1) is 25.8. The number of carbonyl (C=O) groups excluding carboxylic acids is 2. The lowest BCUT2D eigenvalue weighted by molar-refractivity contribution is -0.125. The summed E-state index contributed by atoms with van der Waals surface area (Å²) in [5, 5.41) is 5.42. The molecule has 0 bridgehead atoms. The first-order valence-electron chi connectivity index (χ1n) is 10.6. The van der Waals surface area contributed by atoms with Crippen molar-refractivity contribution in [3.8, 4) is 0 Å². The lowest BCUT2D eigenvalue weighted by Crippen LogP contribution is -2.35. The molecule has 8 heteroatoms. The predicted octanol–water partition coefficient (Wildman–Crippen LogP) is 2.51. The van der Waals surface area contributed by atoms with Crippen molar-refractivity contribution in [2.45, 2.75) is 59.1 Å². The summed E-state index contributed by atoms with van der Waals surface area (Å²) in [6, 6.07) is 2.18. The zero-order chi connectivity index (χ0) is 22.4. The van der Waals surface area contributed by atoms with E-state index in [2.05, 4.69) is 40.6 Å². The van der Waals surface area contributed by atoms with Crippen LogP contribution in [0.3, 0.4) is 0 Å². The van der Waals surface area contributed by atoms with Gasteiger partial charge in [0.05, 0.1) is 6.61 Å². The number of aromatic nitrogens is 1. The number of hydrogen-bond donors (Lipinski definition) is 2. The van der Waals surface area contributed by atoms with E-state index < -0.39 is 11.7 Å². The molecule has 0 spiro atoms. The number of alkyl carbamates (subject to hydrolysis) is 1. The molecule has 0 fully saturated rings. The molecule has 1 rings (SSSR count). The van der Waals surface area contributed by atoms with E-state index in [0.717, 1.165) is 32.4 Å². The Balaban J connectivity index is 2.12. The average Bonchev–Trinajstić information content (AvgIpc) is 2.64. The zero-order valence-electron chi connectivity index (χ0n) is 19.1. The zero-order valence-corrected chi connectivity index (χ0v) is 19.1. The first-order chi connectivity index (χ1) is 14.2. The average molecular weight is 423 g/mol. The lowest BCUT2D eigenvalue weighted by Gasteiger charge is -2.19. The van der Waals surface area contributed by atoms with Crippen LogP contribution in [0.4, 0.5) is 4.79 Å². The van der Waals surface area contributed by atoms with Crippen LogP contribution in [0.2, 0.25) is 0 Å². The summed E-state index contributed by atoms with van der Waals surface area (Å²) in [6.45, 7) is 10.6. The summed E-state index contributed by atoms with van der Waals surface area (Å²) >= 11 is 0. The number of nitrogens with one attached hydrogen (secondary N) is 2. The van der Waals surface area contributed by atoms with E-state index in [0.29, 0.717) is 13.1 Å². The third kappa shape index (κ3) is 13.1.